The molecule has 7 heteroatoms. The van der Waals surface area contributed by atoms with Crippen LogP contribution in [-0.2, 0) is 0 Å². The molecule has 5 aromatic rings. The molecule has 0 aliphatic heterocycles. The van der Waals surface area contributed by atoms with Gasteiger partial charge in [0.25, 0.3) is 0 Å². The number of nitrogens with zero attached hydrogens (tertiary/aromatic N) is 3. The van der Waals surface area contributed by atoms with E-state index >= 15 is 0 Å². The maximum Gasteiger partial charge on any atom is 0.137 e. The summed E-state index contributed by atoms with van der Waals surface area (Å²) >= 11 is 7.50. The van der Waals surface area contributed by atoms with Crippen LogP contribution in [0.1, 0.15) is 13.8 Å². The van der Waals surface area contributed by atoms with E-state index in [2.05, 4.69) is 45.1 Å². The van der Waals surface area contributed by atoms with Gasteiger partial charge in [-0.15, -0.1) is 0 Å². The third kappa shape index (κ3) is 5.03. The molecule has 0 aliphatic rings. The molecule has 2 heterocycles. The highest BCUT2D eigenvalue weighted by molar-refractivity contribution is 8.00. The van der Waals surface area contributed by atoms with E-state index in [-0.39, 0.29) is 6.10 Å². The van der Waals surface area contributed by atoms with Crippen LogP contribution in [0.5, 0.6) is 5.75 Å². The van der Waals surface area contributed by atoms with Gasteiger partial charge in [0.15, 0.2) is 0 Å². The lowest BCUT2D eigenvalue weighted by atomic mass is 10.1. The molecule has 170 valence electrons. The van der Waals surface area contributed by atoms with Gasteiger partial charge >= 0.3 is 0 Å². The zero-order valence-corrected chi connectivity index (χ0v) is 20.3. The summed E-state index contributed by atoms with van der Waals surface area (Å²) < 4.78 is 11.0. The Bertz CT molecular complexity index is 1400. The average Bonchev–Trinajstić information content (AvgIpc) is 3.29. The van der Waals surface area contributed by atoms with Crippen LogP contribution < -0.4 is 9.46 Å². The van der Waals surface area contributed by atoms with Crippen LogP contribution in [0.4, 0.5) is 5.69 Å². The number of nitrogens with one attached hydrogen (secondary N) is 1. The number of halogens is 1. The summed E-state index contributed by atoms with van der Waals surface area (Å²) in [6, 6.07) is 26.2. The molecule has 0 spiro atoms. The van der Waals surface area contributed by atoms with Crippen molar-refractivity contribution in [3.8, 4) is 28.1 Å². The van der Waals surface area contributed by atoms with E-state index in [9.17, 15) is 0 Å². The van der Waals surface area contributed by atoms with E-state index in [1.165, 1.54) is 0 Å². The van der Waals surface area contributed by atoms with E-state index in [0.29, 0.717) is 0 Å². The molecule has 1 N–H and O–H groups in total. The first kappa shape index (κ1) is 22.3. The Hall–Kier alpha value is -3.48. The van der Waals surface area contributed by atoms with Crippen LogP contribution in [-0.4, -0.2) is 20.7 Å². The number of aromatic nitrogens is 3. The van der Waals surface area contributed by atoms with Gasteiger partial charge in [-0.1, -0.05) is 35.9 Å². The topological polar surface area (TPSA) is 51.5 Å². The molecule has 0 bridgehead atoms. The fourth-order valence-electron chi connectivity index (χ4n) is 3.62. The van der Waals surface area contributed by atoms with Crippen molar-refractivity contribution in [2.45, 2.75) is 24.8 Å². The molecule has 2 aromatic heterocycles. The van der Waals surface area contributed by atoms with Crippen molar-refractivity contribution in [1.82, 2.24) is 14.6 Å². The molecule has 5 nitrogen and oxygen atoms in total. The molecule has 0 atom stereocenters. The maximum absolute atomic E-state index is 5.96. The van der Waals surface area contributed by atoms with Gasteiger partial charge in [-0.3, -0.25) is 0 Å². The molecule has 5 rings (SSSR count). The third-order valence-corrected chi connectivity index (χ3v) is 6.32. The maximum atomic E-state index is 5.96. The van der Waals surface area contributed by atoms with Gasteiger partial charge in [0, 0.05) is 32.9 Å². The number of anilines is 1. The molecule has 34 heavy (non-hydrogen) atoms. The molecule has 0 saturated carbocycles. The molecule has 3 aromatic carbocycles. The highest BCUT2D eigenvalue weighted by atomic mass is 35.5. The fourth-order valence-corrected chi connectivity index (χ4v) is 4.39. The number of hydrogen-bond donors (Lipinski definition) is 1. The number of hydrogen-bond acceptors (Lipinski definition) is 5. The van der Waals surface area contributed by atoms with Gasteiger partial charge in [0.2, 0.25) is 0 Å². The first-order valence-corrected chi connectivity index (χ1v) is 12.1. The lowest BCUT2D eigenvalue weighted by molar-refractivity contribution is 0.242. The fraction of sp³-hybridized carbons (Fsp3) is 0.111. The van der Waals surface area contributed by atoms with E-state index in [0.717, 1.165) is 49.3 Å². The van der Waals surface area contributed by atoms with Crippen molar-refractivity contribution in [3.63, 3.8) is 0 Å². The number of fused-ring (bicyclic) bond motifs is 1. The summed E-state index contributed by atoms with van der Waals surface area (Å²) in [7, 11) is 0. The van der Waals surface area contributed by atoms with E-state index < -0.39 is 0 Å². The average molecular weight is 487 g/mol. The molecule has 0 radical (unpaired) electrons. The Morgan fingerprint density at radius 2 is 1.59 bits per heavy atom. The molecular weight excluding hydrogens is 464 g/mol. The summed E-state index contributed by atoms with van der Waals surface area (Å²) in [5.74, 6) is 0.867. The molecule has 0 unspecified atom stereocenters. The van der Waals surface area contributed by atoms with E-state index in [1.807, 2.05) is 73.1 Å². The minimum atomic E-state index is 0.151. The monoisotopic (exact) mass is 486 g/mol. The Labute approximate surface area is 207 Å². The number of rotatable bonds is 7. The van der Waals surface area contributed by atoms with E-state index in [4.69, 9.17) is 16.3 Å². The third-order valence-electron chi connectivity index (χ3n) is 5.22. The van der Waals surface area contributed by atoms with Crippen LogP contribution in [0.3, 0.4) is 0 Å². The van der Waals surface area contributed by atoms with Crippen molar-refractivity contribution in [2.75, 3.05) is 4.72 Å². The van der Waals surface area contributed by atoms with Crippen LogP contribution in [0.2, 0.25) is 5.02 Å². The van der Waals surface area contributed by atoms with Gasteiger partial charge in [-0.25, -0.2) is 9.50 Å². The predicted octanol–water partition coefficient (Wildman–Crippen LogP) is 7.62. The zero-order chi connectivity index (χ0) is 23.5. The summed E-state index contributed by atoms with van der Waals surface area (Å²) in [6.45, 7) is 4.05. The van der Waals surface area contributed by atoms with Crippen LogP contribution in [0.15, 0.2) is 96.3 Å². The van der Waals surface area contributed by atoms with Crippen LogP contribution in [0.25, 0.3) is 27.9 Å². The molecular formula is C27H23ClN4OS. The van der Waals surface area contributed by atoms with Gasteiger partial charge in [-0.05, 0) is 86.0 Å². The summed E-state index contributed by atoms with van der Waals surface area (Å²) in [6.07, 6.45) is 3.77. The van der Waals surface area contributed by atoms with Crippen molar-refractivity contribution < 1.29 is 4.74 Å². The molecule has 0 aliphatic carbocycles. The summed E-state index contributed by atoms with van der Waals surface area (Å²) in [4.78, 5) is 5.67. The highest BCUT2D eigenvalue weighted by Crippen LogP contribution is 2.30. The van der Waals surface area contributed by atoms with Gasteiger partial charge in [0.05, 0.1) is 17.3 Å². The SMILES string of the molecule is CC(C)Oc1ccc(-c2cc3c(-c4ccc(NSc5ccc(Cl)cc5)cc4)ncnn3c2)cc1. The normalized spacial score (nSPS) is 11.2. The molecule has 0 saturated heterocycles. The second kappa shape index (κ2) is 9.79. The van der Waals surface area contributed by atoms with Crippen molar-refractivity contribution in [3.05, 3.63) is 96.4 Å². The molecule has 0 fully saturated rings. The Morgan fingerprint density at radius 1 is 0.882 bits per heavy atom. The molecule has 0 amide bonds. The first-order valence-electron chi connectivity index (χ1n) is 10.9. The second-order valence-corrected chi connectivity index (χ2v) is 9.41. The standard InChI is InChI=1S/C27H23ClN4OS/c1-18(2)33-24-11-5-19(6-12-24)21-15-26-27(29-17-30-32(26)16-21)20-3-9-23(10-4-20)31-34-25-13-7-22(28)8-14-25/h3-18,31H,1-2H3. The van der Waals surface area contributed by atoms with Crippen LogP contribution in [0, 0.1) is 0 Å². The Morgan fingerprint density at radius 3 is 2.29 bits per heavy atom. The van der Waals surface area contributed by atoms with Gasteiger partial charge in [-0.2, -0.15) is 5.10 Å². The van der Waals surface area contributed by atoms with Gasteiger partial charge in [0.1, 0.15) is 12.1 Å². The Kier molecular flexibility index (Phi) is 6.43. The Balaban J connectivity index is 1.36. The van der Waals surface area contributed by atoms with Crippen molar-refractivity contribution >= 4 is 34.8 Å². The van der Waals surface area contributed by atoms with Gasteiger partial charge < -0.3 is 9.46 Å². The second-order valence-electron chi connectivity index (χ2n) is 8.09. The van der Waals surface area contributed by atoms with E-state index in [1.54, 1.807) is 18.3 Å². The largest absolute Gasteiger partial charge is 0.491 e. The number of ether oxygens (including phenoxy) is 1. The first-order chi connectivity index (χ1) is 16.5. The quantitative estimate of drug-likeness (QED) is 0.240. The van der Waals surface area contributed by atoms with Crippen molar-refractivity contribution in [2.24, 2.45) is 0 Å². The minimum absolute atomic E-state index is 0.151. The lowest BCUT2D eigenvalue weighted by Gasteiger charge is -2.09. The predicted molar refractivity (Wildman–Crippen MR) is 141 cm³/mol. The zero-order valence-electron chi connectivity index (χ0n) is 18.8. The van der Waals surface area contributed by atoms with Crippen LogP contribution >= 0.6 is 23.5 Å². The smallest absolute Gasteiger partial charge is 0.137 e. The highest BCUT2D eigenvalue weighted by Gasteiger charge is 2.11. The number of benzene rings is 3. The minimum Gasteiger partial charge on any atom is -0.491 e. The lowest BCUT2D eigenvalue weighted by Crippen LogP contribution is -2.05. The summed E-state index contributed by atoms with van der Waals surface area (Å²) in [5.41, 5.74) is 6.06. The van der Waals surface area contributed by atoms with Crippen molar-refractivity contribution in [1.29, 1.82) is 0 Å². The summed E-state index contributed by atoms with van der Waals surface area (Å²) in [5, 5.41) is 5.14.